The van der Waals surface area contributed by atoms with Crippen LogP contribution in [0.15, 0.2) is 24.3 Å². The van der Waals surface area contributed by atoms with E-state index in [1.165, 1.54) is 25.9 Å². The Morgan fingerprint density at radius 1 is 1.22 bits per heavy atom. The molecule has 1 aliphatic heterocycles. The Labute approximate surface area is 108 Å². The first-order valence-electron chi connectivity index (χ1n) is 6.51. The summed E-state index contributed by atoms with van der Waals surface area (Å²) in [4.78, 5) is 2.43. The second-order valence-corrected chi connectivity index (χ2v) is 4.74. The number of ether oxygens (including phenoxy) is 1. The van der Waals surface area contributed by atoms with Gasteiger partial charge in [-0.2, -0.15) is 0 Å². The predicted molar refractivity (Wildman–Crippen MR) is 73.2 cm³/mol. The van der Waals surface area contributed by atoms with Gasteiger partial charge >= 0.3 is 0 Å². The van der Waals surface area contributed by atoms with Gasteiger partial charge in [0.25, 0.3) is 0 Å². The highest BCUT2D eigenvalue weighted by Crippen LogP contribution is 2.13. The molecule has 4 nitrogen and oxygen atoms in total. The summed E-state index contributed by atoms with van der Waals surface area (Å²) in [5, 5.41) is 7.23. The number of nitrogens with two attached hydrogens (primary N) is 1. The lowest BCUT2D eigenvalue weighted by Crippen LogP contribution is -2.25. The molecule has 0 aliphatic carbocycles. The van der Waals surface area contributed by atoms with E-state index in [-0.39, 0.29) is 5.84 Å². The van der Waals surface area contributed by atoms with Gasteiger partial charge in [0.1, 0.15) is 12.4 Å². The molecule has 0 spiro atoms. The van der Waals surface area contributed by atoms with E-state index >= 15 is 0 Å². The summed E-state index contributed by atoms with van der Waals surface area (Å²) in [6.07, 6.45) is 3.15. The van der Waals surface area contributed by atoms with Crippen molar-refractivity contribution in [1.29, 1.82) is 5.41 Å². The Morgan fingerprint density at radius 3 is 2.50 bits per heavy atom. The first-order chi connectivity index (χ1) is 8.74. The largest absolute Gasteiger partial charge is 0.492 e. The minimum Gasteiger partial charge on any atom is -0.492 e. The molecule has 1 aliphatic rings. The molecule has 2 rings (SSSR count). The highest BCUT2D eigenvalue weighted by molar-refractivity contribution is 5.79. The lowest BCUT2D eigenvalue weighted by Gasteiger charge is -2.15. The average Bonchev–Trinajstić information content (AvgIpc) is 2.84. The zero-order chi connectivity index (χ0) is 12.8. The summed E-state index contributed by atoms with van der Waals surface area (Å²) in [5.74, 6) is 1.08. The van der Waals surface area contributed by atoms with Crippen molar-refractivity contribution in [2.24, 2.45) is 5.73 Å². The van der Waals surface area contributed by atoms with Gasteiger partial charge in [0.2, 0.25) is 0 Å². The van der Waals surface area contributed by atoms with Crippen LogP contribution in [0.3, 0.4) is 0 Å². The van der Waals surface area contributed by atoms with E-state index in [1.54, 1.807) is 0 Å². The van der Waals surface area contributed by atoms with Crippen LogP contribution in [0.4, 0.5) is 0 Å². The monoisotopic (exact) mass is 247 g/mol. The molecular formula is C14H21N3O. The third kappa shape index (κ3) is 4.04. The van der Waals surface area contributed by atoms with Crippen molar-refractivity contribution in [3.63, 3.8) is 0 Å². The van der Waals surface area contributed by atoms with Crippen LogP contribution in [0.1, 0.15) is 18.4 Å². The molecule has 0 bridgehead atoms. The number of nitrogens with zero attached hydrogens (tertiary/aromatic N) is 1. The molecule has 0 saturated carbocycles. The predicted octanol–water partition coefficient (Wildman–Crippen LogP) is 1.64. The quantitative estimate of drug-likeness (QED) is 0.593. The molecule has 3 N–H and O–H groups in total. The SMILES string of the molecule is N=C(N)Cc1ccc(OCCN2CCCC2)cc1. The zero-order valence-electron chi connectivity index (χ0n) is 10.7. The van der Waals surface area contributed by atoms with E-state index in [0.29, 0.717) is 6.42 Å². The Bertz CT molecular complexity index is 383. The van der Waals surface area contributed by atoms with Gasteiger partial charge in [-0.1, -0.05) is 12.1 Å². The molecular weight excluding hydrogens is 226 g/mol. The number of benzene rings is 1. The lowest BCUT2D eigenvalue weighted by atomic mass is 10.1. The Hall–Kier alpha value is -1.55. The normalized spacial score (nSPS) is 15.8. The van der Waals surface area contributed by atoms with Gasteiger partial charge in [-0.3, -0.25) is 10.3 Å². The summed E-state index contributed by atoms with van der Waals surface area (Å²) >= 11 is 0. The number of amidine groups is 1. The van der Waals surface area contributed by atoms with E-state index in [1.807, 2.05) is 24.3 Å². The summed E-state index contributed by atoms with van der Waals surface area (Å²) in [6.45, 7) is 4.17. The Kier molecular flexibility index (Phi) is 4.59. The van der Waals surface area contributed by atoms with Crippen LogP contribution in [-0.4, -0.2) is 37.0 Å². The smallest absolute Gasteiger partial charge is 0.119 e. The fraction of sp³-hybridized carbons (Fsp3) is 0.500. The second kappa shape index (κ2) is 6.40. The summed E-state index contributed by atoms with van der Waals surface area (Å²) < 4.78 is 5.70. The topological polar surface area (TPSA) is 62.3 Å². The van der Waals surface area contributed by atoms with Crippen molar-refractivity contribution < 1.29 is 4.74 Å². The number of nitrogens with one attached hydrogen (secondary N) is 1. The molecule has 4 heteroatoms. The Morgan fingerprint density at radius 2 is 1.89 bits per heavy atom. The fourth-order valence-electron chi connectivity index (χ4n) is 2.22. The van der Waals surface area contributed by atoms with Crippen LogP contribution >= 0.6 is 0 Å². The lowest BCUT2D eigenvalue weighted by molar-refractivity contribution is 0.238. The molecule has 98 valence electrons. The number of hydrogen-bond donors (Lipinski definition) is 2. The van der Waals surface area contributed by atoms with Gasteiger partial charge in [0, 0.05) is 13.0 Å². The summed E-state index contributed by atoms with van der Waals surface area (Å²) in [6, 6.07) is 7.82. The van der Waals surface area contributed by atoms with Crippen LogP contribution in [0, 0.1) is 5.41 Å². The average molecular weight is 247 g/mol. The van der Waals surface area contributed by atoms with Crippen LogP contribution in [0.2, 0.25) is 0 Å². The first-order valence-corrected chi connectivity index (χ1v) is 6.51. The maximum atomic E-state index is 7.23. The molecule has 1 heterocycles. The van der Waals surface area contributed by atoms with E-state index in [4.69, 9.17) is 15.9 Å². The highest BCUT2D eigenvalue weighted by atomic mass is 16.5. The highest BCUT2D eigenvalue weighted by Gasteiger charge is 2.10. The van der Waals surface area contributed by atoms with Crippen molar-refractivity contribution in [2.45, 2.75) is 19.3 Å². The molecule has 1 saturated heterocycles. The van der Waals surface area contributed by atoms with Crippen LogP contribution in [-0.2, 0) is 6.42 Å². The second-order valence-electron chi connectivity index (χ2n) is 4.74. The minimum absolute atomic E-state index is 0.192. The van der Waals surface area contributed by atoms with E-state index < -0.39 is 0 Å². The van der Waals surface area contributed by atoms with Gasteiger partial charge in [0.05, 0.1) is 5.84 Å². The van der Waals surface area contributed by atoms with Gasteiger partial charge in [0.15, 0.2) is 0 Å². The minimum atomic E-state index is 0.192. The van der Waals surface area contributed by atoms with Gasteiger partial charge in [-0.15, -0.1) is 0 Å². The molecule has 1 aromatic rings. The van der Waals surface area contributed by atoms with Crippen LogP contribution in [0.25, 0.3) is 0 Å². The van der Waals surface area contributed by atoms with Gasteiger partial charge < -0.3 is 10.5 Å². The first kappa shape index (κ1) is 12.9. The molecule has 0 radical (unpaired) electrons. The number of likely N-dealkylation sites (tertiary alicyclic amines) is 1. The number of rotatable bonds is 6. The van der Waals surface area contributed by atoms with Crippen molar-refractivity contribution in [3.8, 4) is 5.75 Å². The Balaban J connectivity index is 1.73. The van der Waals surface area contributed by atoms with Gasteiger partial charge in [-0.05, 0) is 43.6 Å². The van der Waals surface area contributed by atoms with E-state index in [2.05, 4.69) is 4.90 Å². The molecule has 1 aromatic carbocycles. The van der Waals surface area contributed by atoms with E-state index in [9.17, 15) is 0 Å². The van der Waals surface area contributed by atoms with Gasteiger partial charge in [-0.25, -0.2) is 0 Å². The maximum Gasteiger partial charge on any atom is 0.119 e. The molecule has 0 atom stereocenters. The molecule has 18 heavy (non-hydrogen) atoms. The van der Waals surface area contributed by atoms with Crippen molar-refractivity contribution in [1.82, 2.24) is 4.90 Å². The standard InChI is InChI=1S/C14H21N3O/c15-14(16)11-12-3-5-13(6-4-12)18-10-9-17-7-1-2-8-17/h3-6H,1-2,7-11H2,(H3,15,16). The molecule has 0 aromatic heterocycles. The summed E-state index contributed by atoms with van der Waals surface area (Å²) in [7, 11) is 0. The molecule has 0 amide bonds. The number of hydrogen-bond acceptors (Lipinski definition) is 3. The molecule has 0 unspecified atom stereocenters. The third-order valence-electron chi connectivity index (χ3n) is 3.19. The van der Waals surface area contributed by atoms with Crippen LogP contribution in [0.5, 0.6) is 5.75 Å². The van der Waals surface area contributed by atoms with Crippen molar-refractivity contribution in [2.75, 3.05) is 26.2 Å². The third-order valence-corrected chi connectivity index (χ3v) is 3.19. The van der Waals surface area contributed by atoms with Crippen LogP contribution < -0.4 is 10.5 Å². The van der Waals surface area contributed by atoms with Crippen molar-refractivity contribution in [3.05, 3.63) is 29.8 Å². The molecule has 1 fully saturated rings. The zero-order valence-corrected chi connectivity index (χ0v) is 10.7. The maximum absolute atomic E-state index is 7.23. The summed E-state index contributed by atoms with van der Waals surface area (Å²) in [5.41, 5.74) is 6.41. The fourth-order valence-corrected chi connectivity index (χ4v) is 2.22. The van der Waals surface area contributed by atoms with E-state index in [0.717, 1.165) is 24.5 Å². The van der Waals surface area contributed by atoms with Crippen molar-refractivity contribution >= 4 is 5.84 Å².